The number of rotatable bonds is 1. The SMILES string of the molecule is N#Cc1ccc(C2C3=C(CCCC3=O)NC3=C2C(=O)c2cn[nH]c2C3=O)cc1. The van der Waals surface area contributed by atoms with E-state index in [1.165, 1.54) is 6.20 Å². The number of nitrogens with one attached hydrogen (secondary N) is 2. The number of carbonyl (C=O) groups excluding carboxylic acids is 3. The maximum atomic E-state index is 13.2. The molecule has 3 aliphatic rings. The van der Waals surface area contributed by atoms with E-state index in [0.717, 1.165) is 0 Å². The third-order valence-corrected chi connectivity index (χ3v) is 5.53. The van der Waals surface area contributed by atoms with Crippen molar-refractivity contribution in [2.45, 2.75) is 25.2 Å². The normalized spacial score (nSPS) is 21.0. The van der Waals surface area contributed by atoms with Crippen LogP contribution in [0.2, 0.25) is 0 Å². The van der Waals surface area contributed by atoms with Gasteiger partial charge in [-0.15, -0.1) is 0 Å². The van der Waals surface area contributed by atoms with Crippen molar-refractivity contribution >= 4 is 17.3 Å². The second-order valence-corrected chi connectivity index (χ2v) is 7.07. The van der Waals surface area contributed by atoms with E-state index in [1.807, 2.05) is 0 Å². The van der Waals surface area contributed by atoms with Gasteiger partial charge < -0.3 is 5.32 Å². The van der Waals surface area contributed by atoms with Gasteiger partial charge in [0.1, 0.15) is 5.69 Å². The van der Waals surface area contributed by atoms with Gasteiger partial charge in [0.05, 0.1) is 29.1 Å². The van der Waals surface area contributed by atoms with Crippen LogP contribution in [0.1, 0.15) is 57.2 Å². The lowest BCUT2D eigenvalue weighted by Gasteiger charge is -2.36. The summed E-state index contributed by atoms with van der Waals surface area (Å²) in [5, 5.41) is 18.6. The van der Waals surface area contributed by atoms with E-state index in [2.05, 4.69) is 21.6 Å². The molecule has 0 fully saturated rings. The van der Waals surface area contributed by atoms with Gasteiger partial charge in [0, 0.05) is 29.2 Å². The topological polar surface area (TPSA) is 116 Å². The van der Waals surface area contributed by atoms with Crippen LogP contribution in [-0.4, -0.2) is 27.5 Å². The number of Topliss-reactive ketones (excluding diaryl/α,β-unsaturated/α-hetero) is 3. The second kappa shape index (κ2) is 5.86. The lowest BCUT2D eigenvalue weighted by molar-refractivity contribution is -0.116. The first-order chi connectivity index (χ1) is 13.6. The fourth-order valence-corrected chi connectivity index (χ4v) is 4.24. The zero-order chi connectivity index (χ0) is 19.4. The van der Waals surface area contributed by atoms with Gasteiger partial charge in [-0.05, 0) is 30.5 Å². The van der Waals surface area contributed by atoms with Crippen molar-refractivity contribution in [3.05, 3.63) is 75.4 Å². The number of fused-ring (bicyclic) bond motifs is 1. The summed E-state index contributed by atoms with van der Waals surface area (Å²) in [4.78, 5) is 39.1. The van der Waals surface area contributed by atoms with E-state index in [4.69, 9.17) is 5.26 Å². The monoisotopic (exact) mass is 370 g/mol. The molecule has 5 rings (SSSR count). The van der Waals surface area contributed by atoms with Gasteiger partial charge in [-0.25, -0.2) is 0 Å². The van der Waals surface area contributed by atoms with Gasteiger partial charge >= 0.3 is 0 Å². The molecule has 0 amide bonds. The number of aromatic amines is 1. The van der Waals surface area contributed by atoms with Crippen LogP contribution in [0, 0.1) is 11.3 Å². The summed E-state index contributed by atoms with van der Waals surface area (Å²) in [5.41, 5.74) is 3.32. The summed E-state index contributed by atoms with van der Waals surface area (Å²) in [6.07, 6.45) is 3.10. The minimum absolute atomic E-state index is 0.0205. The summed E-state index contributed by atoms with van der Waals surface area (Å²) >= 11 is 0. The molecule has 1 unspecified atom stereocenters. The fraction of sp³-hybridized carbons (Fsp3) is 0.190. The molecule has 2 aromatic rings. The molecule has 0 spiro atoms. The Kier molecular flexibility index (Phi) is 3.43. The summed E-state index contributed by atoms with van der Waals surface area (Å²) in [7, 11) is 0. The van der Waals surface area contributed by atoms with Gasteiger partial charge in [0.15, 0.2) is 11.6 Å². The van der Waals surface area contributed by atoms with Crippen LogP contribution in [0.4, 0.5) is 0 Å². The Balaban J connectivity index is 1.75. The Labute approximate surface area is 159 Å². The predicted molar refractivity (Wildman–Crippen MR) is 97.2 cm³/mol. The van der Waals surface area contributed by atoms with Crippen LogP contribution in [-0.2, 0) is 4.79 Å². The molecule has 0 saturated heterocycles. The third-order valence-electron chi connectivity index (χ3n) is 5.53. The molecule has 2 aliphatic carbocycles. The number of carbonyl (C=O) groups is 3. The summed E-state index contributed by atoms with van der Waals surface area (Å²) in [6, 6.07) is 8.87. The van der Waals surface area contributed by atoms with E-state index in [0.29, 0.717) is 41.7 Å². The first-order valence-electron chi connectivity index (χ1n) is 9.00. The molecule has 28 heavy (non-hydrogen) atoms. The molecule has 136 valence electrons. The van der Waals surface area contributed by atoms with Gasteiger partial charge in [0.25, 0.3) is 0 Å². The Hall–Kier alpha value is -3.79. The standard InChI is InChI=1S/C21H14N4O3/c22-8-10-4-6-11(7-5-10)15-16-13(2-1-3-14(16)26)24-19-17(15)20(27)12-9-23-25-18(12)21(19)28/h4-7,9,15,24H,1-3H2,(H,23,25). The Morgan fingerprint density at radius 1 is 1.04 bits per heavy atom. The summed E-state index contributed by atoms with van der Waals surface area (Å²) in [5.74, 6) is -1.30. The average Bonchev–Trinajstić information content (AvgIpc) is 3.21. The maximum absolute atomic E-state index is 13.2. The predicted octanol–water partition coefficient (Wildman–Crippen LogP) is 2.31. The number of allylic oxidation sites excluding steroid dienone is 4. The van der Waals surface area contributed by atoms with Crippen molar-refractivity contribution in [2.75, 3.05) is 0 Å². The largest absolute Gasteiger partial charge is 0.355 e. The van der Waals surface area contributed by atoms with E-state index in [9.17, 15) is 14.4 Å². The van der Waals surface area contributed by atoms with Crippen LogP contribution < -0.4 is 5.32 Å². The minimum Gasteiger partial charge on any atom is -0.355 e. The molecule has 0 radical (unpaired) electrons. The molecule has 1 aliphatic heterocycles. The van der Waals surface area contributed by atoms with Gasteiger partial charge in [-0.1, -0.05) is 12.1 Å². The number of nitriles is 1. The first-order valence-corrected chi connectivity index (χ1v) is 9.00. The molecular weight excluding hydrogens is 356 g/mol. The van der Waals surface area contributed by atoms with E-state index in [1.54, 1.807) is 24.3 Å². The van der Waals surface area contributed by atoms with Crippen LogP contribution in [0.25, 0.3) is 0 Å². The maximum Gasteiger partial charge on any atom is 0.228 e. The molecular formula is C21H14N4O3. The summed E-state index contributed by atoms with van der Waals surface area (Å²) < 4.78 is 0. The molecule has 7 nitrogen and oxygen atoms in total. The third kappa shape index (κ3) is 2.15. The number of nitrogens with zero attached hydrogens (tertiary/aromatic N) is 2. The van der Waals surface area contributed by atoms with Crippen molar-refractivity contribution in [2.24, 2.45) is 0 Å². The Bertz CT molecular complexity index is 1170. The van der Waals surface area contributed by atoms with Crippen molar-refractivity contribution in [3.63, 3.8) is 0 Å². The van der Waals surface area contributed by atoms with E-state index in [-0.39, 0.29) is 39.9 Å². The molecule has 2 N–H and O–H groups in total. The van der Waals surface area contributed by atoms with Crippen LogP contribution in [0.15, 0.2) is 53.0 Å². The lowest BCUT2D eigenvalue weighted by atomic mass is 9.71. The highest BCUT2D eigenvalue weighted by molar-refractivity contribution is 6.27. The van der Waals surface area contributed by atoms with Crippen molar-refractivity contribution in [3.8, 4) is 6.07 Å². The molecule has 1 aromatic heterocycles. The zero-order valence-corrected chi connectivity index (χ0v) is 14.7. The molecule has 0 bridgehead atoms. The minimum atomic E-state index is -0.633. The van der Waals surface area contributed by atoms with Gasteiger partial charge in [-0.2, -0.15) is 10.4 Å². The highest BCUT2D eigenvalue weighted by Gasteiger charge is 2.45. The average molecular weight is 370 g/mol. The van der Waals surface area contributed by atoms with Crippen molar-refractivity contribution in [1.29, 1.82) is 5.26 Å². The molecule has 1 atom stereocenters. The van der Waals surface area contributed by atoms with E-state index < -0.39 is 5.92 Å². The van der Waals surface area contributed by atoms with Crippen LogP contribution >= 0.6 is 0 Å². The number of benzene rings is 1. The number of H-pyrrole nitrogens is 1. The Morgan fingerprint density at radius 2 is 1.82 bits per heavy atom. The number of ketones is 3. The van der Waals surface area contributed by atoms with Crippen molar-refractivity contribution < 1.29 is 14.4 Å². The summed E-state index contributed by atoms with van der Waals surface area (Å²) in [6.45, 7) is 0. The van der Waals surface area contributed by atoms with Gasteiger partial charge in [-0.3, -0.25) is 19.5 Å². The number of aromatic nitrogens is 2. The van der Waals surface area contributed by atoms with Crippen LogP contribution in [0.3, 0.4) is 0 Å². The first kappa shape index (κ1) is 16.4. The quantitative estimate of drug-likeness (QED) is 0.796. The molecule has 2 heterocycles. The number of hydrogen-bond acceptors (Lipinski definition) is 6. The van der Waals surface area contributed by atoms with Gasteiger partial charge in [0.2, 0.25) is 5.78 Å². The number of dihydropyridines is 1. The number of hydrogen-bond donors (Lipinski definition) is 2. The highest BCUT2D eigenvalue weighted by Crippen LogP contribution is 2.45. The molecule has 0 saturated carbocycles. The Morgan fingerprint density at radius 3 is 2.57 bits per heavy atom. The smallest absolute Gasteiger partial charge is 0.228 e. The lowest BCUT2D eigenvalue weighted by Crippen LogP contribution is -2.39. The van der Waals surface area contributed by atoms with E-state index >= 15 is 0 Å². The fourth-order valence-electron chi connectivity index (χ4n) is 4.24. The molecule has 7 heteroatoms. The van der Waals surface area contributed by atoms with Crippen LogP contribution in [0.5, 0.6) is 0 Å². The highest BCUT2D eigenvalue weighted by atomic mass is 16.1. The van der Waals surface area contributed by atoms with Crippen molar-refractivity contribution in [1.82, 2.24) is 15.5 Å². The second-order valence-electron chi connectivity index (χ2n) is 7.07. The molecule has 1 aromatic carbocycles. The zero-order valence-electron chi connectivity index (χ0n) is 14.7.